The summed E-state index contributed by atoms with van der Waals surface area (Å²) >= 11 is 1.38. The Balaban J connectivity index is 1.23. The summed E-state index contributed by atoms with van der Waals surface area (Å²) in [6.45, 7) is 2.71. The fraction of sp³-hybridized carbons (Fsp3) is 0.261. The van der Waals surface area contributed by atoms with Crippen LogP contribution in [-0.4, -0.2) is 36.1 Å². The van der Waals surface area contributed by atoms with Gasteiger partial charge in [-0.15, -0.1) is 11.3 Å². The number of benzene rings is 2. The molecule has 0 fully saturated rings. The van der Waals surface area contributed by atoms with Gasteiger partial charge >= 0.3 is 0 Å². The largest absolute Gasteiger partial charge is 0.493 e. The normalized spacial score (nSPS) is 16.9. The predicted octanol–water partition coefficient (Wildman–Crippen LogP) is 3.89. The second-order valence-corrected chi connectivity index (χ2v) is 8.33. The second-order valence-electron chi connectivity index (χ2n) is 7.47. The summed E-state index contributed by atoms with van der Waals surface area (Å²) in [4.78, 5) is 31.2. The van der Waals surface area contributed by atoms with E-state index in [4.69, 9.17) is 9.47 Å². The zero-order valence-corrected chi connectivity index (χ0v) is 17.8. The molecule has 1 aromatic heterocycles. The van der Waals surface area contributed by atoms with E-state index in [2.05, 4.69) is 16.4 Å². The second kappa shape index (κ2) is 8.03. The quantitative estimate of drug-likeness (QED) is 0.658. The summed E-state index contributed by atoms with van der Waals surface area (Å²) < 4.78 is 11.2. The number of anilines is 2. The number of nitrogens with zero attached hydrogens (tertiary/aromatic N) is 2. The van der Waals surface area contributed by atoms with E-state index in [9.17, 15) is 9.59 Å². The maximum atomic E-state index is 12.5. The number of hydrogen-bond acceptors (Lipinski definition) is 6. The lowest BCUT2D eigenvalue weighted by molar-refractivity contribution is -0.125. The number of ether oxygens (including phenoxy) is 2. The number of nitrogens with one attached hydrogen (secondary N) is 1. The fourth-order valence-electron chi connectivity index (χ4n) is 3.79. The van der Waals surface area contributed by atoms with Gasteiger partial charge in [-0.1, -0.05) is 12.1 Å². The van der Waals surface area contributed by atoms with Crippen molar-refractivity contribution in [3.05, 3.63) is 53.4 Å². The van der Waals surface area contributed by atoms with Gasteiger partial charge in [0.1, 0.15) is 11.5 Å². The van der Waals surface area contributed by atoms with Gasteiger partial charge in [-0.05, 0) is 42.8 Å². The van der Waals surface area contributed by atoms with Crippen LogP contribution in [0.1, 0.15) is 18.9 Å². The molecular formula is C23H21N3O4S. The van der Waals surface area contributed by atoms with Gasteiger partial charge < -0.3 is 19.7 Å². The van der Waals surface area contributed by atoms with Gasteiger partial charge in [0.25, 0.3) is 5.91 Å². The van der Waals surface area contributed by atoms with E-state index in [1.54, 1.807) is 11.8 Å². The number of carbonyl (C=O) groups excluding carboxylic acids is 2. The highest BCUT2D eigenvalue weighted by Crippen LogP contribution is 2.34. The molecule has 2 aromatic carbocycles. The highest BCUT2D eigenvalue weighted by atomic mass is 32.1. The van der Waals surface area contributed by atoms with Gasteiger partial charge in [0.15, 0.2) is 11.2 Å². The minimum absolute atomic E-state index is 0.149. The van der Waals surface area contributed by atoms with Crippen LogP contribution in [0.2, 0.25) is 0 Å². The van der Waals surface area contributed by atoms with E-state index < -0.39 is 6.10 Å². The van der Waals surface area contributed by atoms with Gasteiger partial charge in [-0.25, -0.2) is 4.98 Å². The first-order chi connectivity index (χ1) is 15.1. The third-order valence-electron chi connectivity index (χ3n) is 5.37. The number of thiazole rings is 1. The highest BCUT2D eigenvalue weighted by molar-refractivity contribution is 7.14. The van der Waals surface area contributed by atoms with Crippen molar-refractivity contribution in [2.45, 2.75) is 25.9 Å². The van der Waals surface area contributed by atoms with Crippen LogP contribution in [0.3, 0.4) is 0 Å². The van der Waals surface area contributed by atoms with Crippen LogP contribution in [0.15, 0.2) is 47.8 Å². The molecule has 8 heteroatoms. The van der Waals surface area contributed by atoms with Crippen molar-refractivity contribution in [2.75, 3.05) is 23.4 Å². The summed E-state index contributed by atoms with van der Waals surface area (Å²) in [5.41, 5.74) is 3.70. The summed E-state index contributed by atoms with van der Waals surface area (Å²) in [6, 6.07) is 13.4. The lowest BCUT2D eigenvalue weighted by Crippen LogP contribution is -2.45. The monoisotopic (exact) mass is 435 g/mol. The molecule has 0 radical (unpaired) electrons. The lowest BCUT2D eigenvalue weighted by atomic mass is 10.1. The van der Waals surface area contributed by atoms with Crippen LogP contribution in [0.5, 0.6) is 11.5 Å². The first kappa shape index (κ1) is 19.6. The van der Waals surface area contributed by atoms with Crippen molar-refractivity contribution in [2.24, 2.45) is 0 Å². The maximum absolute atomic E-state index is 12.5. The van der Waals surface area contributed by atoms with Crippen LogP contribution in [0.25, 0.3) is 11.3 Å². The molecule has 2 aliphatic heterocycles. The molecule has 1 N–H and O–H groups in total. The zero-order chi connectivity index (χ0) is 21.4. The lowest BCUT2D eigenvalue weighted by Gasteiger charge is -2.32. The van der Waals surface area contributed by atoms with Crippen molar-refractivity contribution >= 4 is 34.0 Å². The molecular weight excluding hydrogens is 414 g/mol. The topological polar surface area (TPSA) is 80.8 Å². The van der Waals surface area contributed by atoms with Crippen molar-refractivity contribution in [1.29, 1.82) is 0 Å². The molecule has 1 atom stereocenters. The van der Waals surface area contributed by atoms with Gasteiger partial charge in [-0.3, -0.25) is 9.59 Å². The maximum Gasteiger partial charge on any atom is 0.267 e. The molecule has 1 unspecified atom stereocenters. The first-order valence-corrected chi connectivity index (χ1v) is 11.0. The van der Waals surface area contributed by atoms with Gasteiger partial charge in [0.05, 0.1) is 18.0 Å². The number of aromatic nitrogens is 1. The van der Waals surface area contributed by atoms with Crippen LogP contribution in [-0.2, 0) is 16.0 Å². The Labute approximate surface area is 183 Å². The SMILES string of the molecule is CC1Oc2ccccc2N(CCC(=O)Nc2nc(-c3ccc4c(c3)CCO4)cs2)C1=O. The van der Waals surface area contributed by atoms with E-state index in [1.807, 2.05) is 41.8 Å². The van der Waals surface area contributed by atoms with Gasteiger partial charge in [0.2, 0.25) is 5.91 Å². The summed E-state index contributed by atoms with van der Waals surface area (Å²) in [5.74, 6) is 1.25. The number of amides is 2. The Bertz CT molecular complexity index is 1160. The Morgan fingerprint density at radius 2 is 2.13 bits per heavy atom. The molecule has 0 bridgehead atoms. The van der Waals surface area contributed by atoms with Crippen molar-refractivity contribution in [1.82, 2.24) is 4.98 Å². The van der Waals surface area contributed by atoms with Crippen LogP contribution in [0.4, 0.5) is 10.8 Å². The van der Waals surface area contributed by atoms with Gasteiger partial charge in [-0.2, -0.15) is 0 Å². The highest BCUT2D eigenvalue weighted by Gasteiger charge is 2.31. The Morgan fingerprint density at radius 3 is 3.03 bits per heavy atom. The minimum Gasteiger partial charge on any atom is -0.493 e. The molecule has 2 amide bonds. The van der Waals surface area contributed by atoms with E-state index in [1.165, 1.54) is 16.9 Å². The third-order valence-corrected chi connectivity index (χ3v) is 6.13. The molecule has 2 aliphatic rings. The molecule has 5 rings (SSSR count). The summed E-state index contributed by atoms with van der Waals surface area (Å²) in [6.07, 6.45) is 0.494. The summed E-state index contributed by atoms with van der Waals surface area (Å²) in [5, 5.41) is 5.32. The van der Waals surface area contributed by atoms with E-state index >= 15 is 0 Å². The van der Waals surface area contributed by atoms with Crippen molar-refractivity contribution in [3.8, 4) is 22.8 Å². The van der Waals surface area contributed by atoms with E-state index in [0.29, 0.717) is 23.2 Å². The van der Waals surface area contributed by atoms with Crippen molar-refractivity contribution in [3.63, 3.8) is 0 Å². The molecule has 158 valence electrons. The number of carbonyl (C=O) groups is 2. The van der Waals surface area contributed by atoms with Gasteiger partial charge in [0, 0.05) is 30.3 Å². The van der Waals surface area contributed by atoms with Crippen LogP contribution >= 0.6 is 11.3 Å². The predicted molar refractivity (Wildman–Crippen MR) is 119 cm³/mol. The molecule has 31 heavy (non-hydrogen) atoms. The molecule has 3 aromatic rings. The number of rotatable bonds is 5. The molecule has 0 saturated heterocycles. The number of para-hydroxylation sites is 2. The minimum atomic E-state index is -0.572. The fourth-order valence-corrected chi connectivity index (χ4v) is 4.53. The number of fused-ring (bicyclic) bond motifs is 2. The molecule has 0 saturated carbocycles. The standard InChI is InChI=1S/C23H21N3O4S/c1-14-22(28)26(18-4-2-3-5-20(18)30-14)10-8-21(27)25-23-24-17(13-31-23)15-6-7-19-16(12-15)9-11-29-19/h2-7,12-14H,8-11H2,1H3,(H,24,25,27). The molecule has 0 aliphatic carbocycles. The smallest absolute Gasteiger partial charge is 0.267 e. The Hall–Kier alpha value is -3.39. The van der Waals surface area contributed by atoms with E-state index in [-0.39, 0.29) is 24.8 Å². The van der Waals surface area contributed by atoms with Crippen LogP contribution < -0.4 is 19.7 Å². The first-order valence-electron chi connectivity index (χ1n) is 10.2. The van der Waals surface area contributed by atoms with Crippen LogP contribution in [0, 0.1) is 0 Å². The average Bonchev–Trinajstić information content (AvgIpc) is 3.43. The zero-order valence-electron chi connectivity index (χ0n) is 17.0. The Kier molecular flexibility index (Phi) is 5.07. The summed E-state index contributed by atoms with van der Waals surface area (Å²) in [7, 11) is 0. The molecule has 3 heterocycles. The van der Waals surface area contributed by atoms with Crippen molar-refractivity contribution < 1.29 is 19.1 Å². The molecule has 7 nitrogen and oxygen atoms in total. The molecule has 0 spiro atoms. The third kappa shape index (κ3) is 3.86. The average molecular weight is 436 g/mol. The van der Waals surface area contributed by atoms with E-state index in [0.717, 1.165) is 23.4 Å². The Morgan fingerprint density at radius 1 is 1.26 bits per heavy atom. The number of hydrogen-bond donors (Lipinski definition) is 1.